The maximum absolute atomic E-state index is 5.48. The third kappa shape index (κ3) is 1.84. The summed E-state index contributed by atoms with van der Waals surface area (Å²) in [5.74, 6) is 2.05. The molecule has 4 N–H and O–H groups in total. The minimum absolute atomic E-state index is 0.363. The molecular formula is C10H17N5. The van der Waals surface area contributed by atoms with Gasteiger partial charge >= 0.3 is 0 Å². The first-order valence-electron chi connectivity index (χ1n) is 5.72. The van der Waals surface area contributed by atoms with Gasteiger partial charge in [-0.05, 0) is 31.6 Å². The van der Waals surface area contributed by atoms with Crippen LogP contribution in [0.3, 0.4) is 0 Å². The highest BCUT2D eigenvalue weighted by atomic mass is 15.3. The summed E-state index contributed by atoms with van der Waals surface area (Å²) in [4.78, 5) is 4.17. The van der Waals surface area contributed by atoms with Crippen LogP contribution in [0.4, 0.5) is 5.95 Å². The maximum Gasteiger partial charge on any atom is 0.239 e. The van der Waals surface area contributed by atoms with E-state index < -0.39 is 0 Å². The molecule has 1 aromatic heterocycles. The van der Waals surface area contributed by atoms with Crippen molar-refractivity contribution >= 4 is 5.95 Å². The maximum atomic E-state index is 5.48. The summed E-state index contributed by atoms with van der Waals surface area (Å²) in [6.07, 6.45) is 6.24. The van der Waals surface area contributed by atoms with E-state index in [1.807, 2.05) is 0 Å². The quantitative estimate of drug-likeness (QED) is 0.658. The molecule has 82 valence electrons. The van der Waals surface area contributed by atoms with Crippen molar-refractivity contribution in [1.82, 2.24) is 20.5 Å². The minimum atomic E-state index is 0.363. The number of piperidine rings is 1. The lowest BCUT2D eigenvalue weighted by atomic mass is 9.89. The molecule has 2 aliphatic heterocycles. The summed E-state index contributed by atoms with van der Waals surface area (Å²) >= 11 is 0. The van der Waals surface area contributed by atoms with Crippen molar-refractivity contribution in [3.05, 3.63) is 5.82 Å². The van der Waals surface area contributed by atoms with Gasteiger partial charge in [0.2, 0.25) is 5.95 Å². The Morgan fingerprint density at radius 2 is 2.00 bits per heavy atom. The number of nitrogen functional groups attached to an aromatic ring is 1. The molecule has 2 unspecified atom stereocenters. The van der Waals surface area contributed by atoms with E-state index in [-0.39, 0.29) is 0 Å². The predicted molar refractivity (Wildman–Crippen MR) is 57.2 cm³/mol. The average Bonchev–Trinajstić information content (AvgIpc) is 2.74. The largest absolute Gasteiger partial charge is 0.367 e. The van der Waals surface area contributed by atoms with E-state index in [2.05, 4.69) is 20.5 Å². The Labute approximate surface area is 88.8 Å². The van der Waals surface area contributed by atoms with Crippen LogP contribution < -0.4 is 11.1 Å². The third-order valence-electron chi connectivity index (χ3n) is 3.60. The van der Waals surface area contributed by atoms with Crippen molar-refractivity contribution < 1.29 is 0 Å². The summed E-state index contributed by atoms with van der Waals surface area (Å²) in [6.45, 7) is 0. The lowest BCUT2D eigenvalue weighted by molar-refractivity contribution is 0.295. The van der Waals surface area contributed by atoms with Crippen LogP contribution in [0.5, 0.6) is 0 Å². The lowest BCUT2D eigenvalue weighted by Crippen LogP contribution is -2.38. The number of nitrogens with two attached hydrogens (primary N) is 1. The summed E-state index contributed by atoms with van der Waals surface area (Å²) < 4.78 is 0. The smallest absolute Gasteiger partial charge is 0.239 e. The molecule has 2 saturated heterocycles. The Kier molecular flexibility index (Phi) is 2.12. The van der Waals surface area contributed by atoms with Gasteiger partial charge in [-0.2, -0.15) is 4.98 Å². The molecule has 15 heavy (non-hydrogen) atoms. The Morgan fingerprint density at radius 1 is 1.27 bits per heavy atom. The predicted octanol–water partition coefficient (Wildman–Crippen LogP) is 0.460. The SMILES string of the molecule is Nc1n[nH]c(CC2CC3CCC(C2)N3)n1. The highest BCUT2D eigenvalue weighted by Crippen LogP contribution is 2.32. The first-order chi connectivity index (χ1) is 7.29. The zero-order valence-corrected chi connectivity index (χ0v) is 8.74. The van der Waals surface area contributed by atoms with Gasteiger partial charge in [-0.15, -0.1) is 5.10 Å². The number of hydrogen-bond donors (Lipinski definition) is 3. The molecule has 0 saturated carbocycles. The number of nitrogens with one attached hydrogen (secondary N) is 2. The minimum Gasteiger partial charge on any atom is -0.367 e. The van der Waals surface area contributed by atoms with Crippen LogP contribution in [0.25, 0.3) is 0 Å². The number of H-pyrrole nitrogens is 1. The molecule has 5 nitrogen and oxygen atoms in total. The molecule has 3 heterocycles. The molecule has 1 aromatic rings. The van der Waals surface area contributed by atoms with Crippen LogP contribution in [0.2, 0.25) is 0 Å². The zero-order chi connectivity index (χ0) is 10.3. The summed E-state index contributed by atoms with van der Waals surface area (Å²) in [5.41, 5.74) is 5.48. The van der Waals surface area contributed by atoms with Crippen LogP contribution >= 0.6 is 0 Å². The Hall–Kier alpha value is -1.10. The van der Waals surface area contributed by atoms with Crippen LogP contribution in [0, 0.1) is 5.92 Å². The molecule has 2 bridgehead atoms. The van der Waals surface area contributed by atoms with E-state index in [4.69, 9.17) is 5.73 Å². The summed E-state index contributed by atoms with van der Waals surface area (Å²) in [7, 11) is 0. The molecule has 2 atom stereocenters. The molecular weight excluding hydrogens is 190 g/mol. The first kappa shape index (κ1) is 9.15. The van der Waals surface area contributed by atoms with E-state index in [0.717, 1.165) is 30.2 Å². The van der Waals surface area contributed by atoms with Gasteiger partial charge in [0.05, 0.1) is 0 Å². The molecule has 0 radical (unpaired) electrons. The molecule has 0 spiro atoms. The van der Waals surface area contributed by atoms with Gasteiger partial charge in [0, 0.05) is 18.5 Å². The zero-order valence-electron chi connectivity index (χ0n) is 8.74. The van der Waals surface area contributed by atoms with Gasteiger partial charge in [0.15, 0.2) is 0 Å². The van der Waals surface area contributed by atoms with E-state index in [1.165, 1.54) is 25.7 Å². The number of hydrogen-bond acceptors (Lipinski definition) is 4. The van der Waals surface area contributed by atoms with Crippen LogP contribution in [0.1, 0.15) is 31.5 Å². The van der Waals surface area contributed by atoms with Gasteiger partial charge in [0.1, 0.15) is 5.82 Å². The monoisotopic (exact) mass is 207 g/mol. The number of fused-ring (bicyclic) bond motifs is 2. The van der Waals surface area contributed by atoms with Gasteiger partial charge in [0.25, 0.3) is 0 Å². The number of rotatable bonds is 2. The summed E-state index contributed by atoms with van der Waals surface area (Å²) in [6, 6.07) is 1.49. The van der Waals surface area contributed by atoms with Crippen LogP contribution in [-0.2, 0) is 6.42 Å². The van der Waals surface area contributed by atoms with Crippen molar-refractivity contribution in [2.75, 3.05) is 5.73 Å². The van der Waals surface area contributed by atoms with Crippen molar-refractivity contribution in [2.45, 2.75) is 44.2 Å². The number of nitrogens with zero attached hydrogens (tertiary/aromatic N) is 2. The number of aromatic amines is 1. The lowest BCUT2D eigenvalue weighted by Gasteiger charge is -2.28. The van der Waals surface area contributed by atoms with E-state index in [9.17, 15) is 0 Å². The molecule has 5 heteroatoms. The second-order valence-electron chi connectivity index (χ2n) is 4.82. The van der Waals surface area contributed by atoms with Gasteiger partial charge in [-0.3, -0.25) is 5.10 Å². The van der Waals surface area contributed by atoms with Crippen molar-refractivity contribution in [3.63, 3.8) is 0 Å². The molecule has 2 aliphatic rings. The van der Waals surface area contributed by atoms with E-state index in [1.54, 1.807) is 0 Å². The fourth-order valence-corrected chi connectivity index (χ4v) is 3.02. The third-order valence-corrected chi connectivity index (χ3v) is 3.60. The van der Waals surface area contributed by atoms with Gasteiger partial charge in [-0.1, -0.05) is 0 Å². The number of aromatic nitrogens is 3. The van der Waals surface area contributed by atoms with Gasteiger partial charge < -0.3 is 11.1 Å². The van der Waals surface area contributed by atoms with Crippen molar-refractivity contribution in [2.24, 2.45) is 5.92 Å². The standard InChI is InChI=1S/C10H17N5/c11-10-13-9(14-15-10)5-6-3-7-1-2-8(4-6)12-7/h6-8,12H,1-5H2,(H3,11,13,14,15). The summed E-state index contributed by atoms with van der Waals surface area (Å²) in [5, 5.41) is 10.4. The van der Waals surface area contributed by atoms with Crippen molar-refractivity contribution in [1.29, 1.82) is 0 Å². The molecule has 2 fully saturated rings. The Balaban J connectivity index is 1.64. The van der Waals surface area contributed by atoms with Gasteiger partial charge in [-0.25, -0.2) is 0 Å². The second kappa shape index (κ2) is 3.48. The topological polar surface area (TPSA) is 79.6 Å². The highest BCUT2D eigenvalue weighted by Gasteiger charge is 2.33. The first-order valence-corrected chi connectivity index (χ1v) is 5.72. The van der Waals surface area contributed by atoms with Crippen LogP contribution in [0.15, 0.2) is 0 Å². The normalized spacial score (nSPS) is 34.5. The molecule has 0 aromatic carbocycles. The Bertz CT molecular complexity index is 335. The highest BCUT2D eigenvalue weighted by molar-refractivity contribution is 5.13. The second-order valence-corrected chi connectivity index (χ2v) is 4.82. The van der Waals surface area contributed by atoms with E-state index in [0.29, 0.717) is 5.95 Å². The van der Waals surface area contributed by atoms with Crippen molar-refractivity contribution in [3.8, 4) is 0 Å². The molecule has 0 aliphatic carbocycles. The van der Waals surface area contributed by atoms with E-state index >= 15 is 0 Å². The van der Waals surface area contributed by atoms with Crippen LogP contribution in [-0.4, -0.2) is 27.3 Å². The average molecular weight is 207 g/mol. The number of anilines is 1. The fourth-order valence-electron chi connectivity index (χ4n) is 3.02. The molecule has 0 amide bonds. The fraction of sp³-hybridized carbons (Fsp3) is 0.800. The molecule has 3 rings (SSSR count). The Morgan fingerprint density at radius 3 is 2.60 bits per heavy atom.